The first kappa shape index (κ1) is 15.3. The monoisotopic (exact) mass is 297 g/mol. The maximum Gasteiger partial charge on any atom is 0.151 e. The van der Waals surface area contributed by atoms with Gasteiger partial charge >= 0.3 is 0 Å². The van der Waals surface area contributed by atoms with Crippen molar-refractivity contribution >= 4 is 9.84 Å². The number of hydrogen-bond donors (Lipinski definition) is 1. The Morgan fingerprint density at radius 2 is 2.15 bits per heavy atom. The summed E-state index contributed by atoms with van der Waals surface area (Å²) in [5.74, 6) is 0.926. The summed E-state index contributed by atoms with van der Waals surface area (Å²) in [6, 6.07) is 5.83. The van der Waals surface area contributed by atoms with Crippen LogP contribution in [0.3, 0.4) is 0 Å². The van der Waals surface area contributed by atoms with Gasteiger partial charge in [-0.05, 0) is 37.1 Å². The molecular formula is C15H23NO3S. The minimum absolute atomic E-state index is 0.171. The van der Waals surface area contributed by atoms with Gasteiger partial charge in [0.15, 0.2) is 9.84 Å². The summed E-state index contributed by atoms with van der Waals surface area (Å²) >= 11 is 0. The Balaban J connectivity index is 2.31. The summed E-state index contributed by atoms with van der Waals surface area (Å²) in [5.41, 5.74) is 2.20. The van der Waals surface area contributed by atoms with Crippen LogP contribution in [0.15, 0.2) is 18.2 Å². The van der Waals surface area contributed by atoms with E-state index in [-0.39, 0.29) is 6.04 Å². The predicted octanol–water partition coefficient (Wildman–Crippen LogP) is 2.10. The average molecular weight is 297 g/mol. The molecule has 0 aromatic heterocycles. The van der Waals surface area contributed by atoms with E-state index in [0.29, 0.717) is 6.61 Å². The number of sulfone groups is 1. The Bertz CT molecular complexity index is 568. The van der Waals surface area contributed by atoms with E-state index in [1.54, 1.807) is 6.92 Å². The molecule has 2 atom stereocenters. The predicted molar refractivity (Wildman–Crippen MR) is 81.0 cm³/mol. The van der Waals surface area contributed by atoms with Crippen LogP contribution in [0.4, 0.5) is 0 Å². The van der Waals surface area contributed by atoms with Crippen LogP contribution in [0.5, 0.6) is 5.75 Å². The van der Waals surface area contributed by atoms with Crippen LogP contribution >= 0.6 is 0 Å². The number of ether oxygens (including phenoxy) is 1. The van der Waals surface area contributed by atoms with Crippen LogP contribution in [0.25, 0.3) is 0 Å². The molecule has 5 heteroatoms. The number of nitrogens with one attached hydrogen (secondary N) is 1. The summed E-state index contributed by atoms with van der Waals surface area (Å²) in [4.78, 5) is 0. The fourth-order valence-electron chi connectivity index (χ4n) is 2.50. The van der Waals surface area contributed by atoms with Gasteiger partial charge in [0.25, 0.3) is 0 Å². The number of fused-ring (bicyclic) bond motifs is 1. The molecule has 1 aromatic carbocycles. The highest BCUT2D eigenvalue weighted by Gasteiger charge is 2.27. The number of benzene rings is 1. The van der Waals surface area contributed by atoms with Gasteiger partial charge in [0.05, 0.1) is 11.9 Å². The molecule has 112 valence electrons. The van der Waals surface area contributed by atoms with Gasteiger partial charge in [0.2, 0.25) is 0 Å². The molecule has 0 amide bonds. The third kappa shape index (κ3) is 3.33. The average Bonchev–Trinajstić information content (AvgIpc) is 2.85. The molecule has 0 saturated heterocycles. The van der Waals surface area contributed by atoms with E-state index in [1.165, 1.54) is 11.8 Å². The molecule has 0 bridgehead atoms. The maximum atomic E-state index is 11.9. The molecule has 2 rings (SSSR count). The minimum atomic E-state index is -3.09. The standard InChI is InChI=1S/C15H23NO3S/c1-4-8-16-15(11(2)20(3,17)18)13-5-6-14-12(10-13)7-9-19-14/h5-6,10-11,15-16H,4,7-9H2,1-3H3. The highest BCUT2D eigenvalue weighted by Crippen LogP contribution is 2.30. The lowest BCUT2D eigenvalue weighted by Gasteiger charge is -2.25. The summed E-state index contributed by atoms with van der Waals surface area (Å²) in [7, 11) is -3.09. The summed E-state index contributed by atoms with van der Waals surface area (Å²) < 4.78 is 29.3. The maximum absolute atomic E-state index is 11.9. The Morgan fingerprint density at radius 3 is 2.80 bits per heavy atom. The lowest BCUT2D eigenvalue weighted by Crippen LogP contribution is -2.35. The first-order valence-electron chi connectivity index (χ1n) is 7.11. The molecule has 0 radical (unpaired) electrons. The number of rotatable bonds is 6. The van der Waals surface area contributed by atoms with Crippen molar-refractivity contribution in [3.05, 3.63) is 29.3 Å². The van der Waals surface area contributed by atoms with Crippen molar-refractivity contribution in [1.82, 2.24) is 5.32 Å². The largest absolute Gasteiger partial charge is 0.493 e. The van der Waals surface area contributed by atoms with Crippen molar-refractivity contribution in [2.75, 3.05) is 19.4 Å². The van der Waals surface area contributed by atoms with Gasteiger partial charge in [0.1, 0.15) is 5.75 Å². The van der Waals surface area contributed by atoms with Crippen molar-refractivity contribution < 1.29 is 13.2 Å². The fraction of sp³-hybridized carbons (Fsp3) is 0.600. The smallest absolute Gasteiger partial charge is 0.151 e. The lowest BCUT2D eigenvalue weighted by atomic mass is 10.0. The Kier molecular flexibility index (Phi) is 4.70. The van der Waals surface area contributed by atoms with E-state index in [1.807, 2.05) is 12.1 Å². The third-order valence-corrected chi connectivity index (χ3v) is 5.45. The van der Waals surface area contributed by atoms with Crippen LogP contribution in [0.2, 0.25) is 0 Å². The number of hydrogen-bond acceptors (Lipinski definition) is 4. The van der Waals surface area contributed by atoms with Crippen molar-refractivity contribution in [3.8, 4) is 5.75 Å². The van der Waals surface area contributed by atoms with E-state index in [0.717, 1.165) is 30.7 Å². The second kappa shape index (κ2) is 6.14. The van der Waals surface area contributed by atoms with Crippen LogP contribution in [-0.2, 0) is 16.3 Å². The van der Waals surface area contributed by atoms with E-state index < -0.39 is 15.1 Å². The molecule has 4 nitrogen and oxygen atoms in total. The second-order valence-electron chi connectivity index (χ2n) is 5.43. The van der Waals surface area contributed by atoms with E-state index in [4.69, 9.17) is 4.74 Å². The fourth-order valence-corrected chi connectivity index (χ4v) is 3.25. The van der Waals surface area contributed by atoms with Crippen molar-refractivity contribution in [2.45, 2.75) is 38.0 Å². The molecule has 0 saturated carbocycles. The molecule has 0 spiro atoms. The molecule has 0 aliphatic carbocycles. The SMILES string of the molecule is CCCNC(c1ccc2c(c1)CCO2)C(C)S(C)(=O)=O. The third-order valence-electron chi connectivity index (χ3n) is 3.83. The molecule has 1 aliphatic heterocycles. The van der Waals surface area contributed by atoms with Crippen LogP contribution in [0.1, 0.15) is 37.4 Å². The van der Waals surface area contributed by atoms with Gasteiger partial charge in [-0.25, -0.2) is 8.42 Å². The van der Waals surface area contributed by atoms with E-state index >= 15 is 0 Å². The van der Waals surface area contributed by atoms with Crippen LogP contribution < -0.4 is 10.1 Å². The topological polar surface area (TPSA) is 55.4 Å². The normalized spacial score (nSPS) is 17.4. The van der Waals surface area contributed by atoms with Gasteiger partial charge in [-0.1, -0.05) is 19.1 Å². The molecule has 20 heavy (non-hydrogen) atoms. The molecule has 2 unspecified atom stereocenters. The van der Waals surface area contributed by atoms with Crippen molar-refractivity contribution in [3.63, 3.8) is 0 Å². The second-order valence-corrected chi connectivity index (χ2v) is 7.83. The molecule has 1 aromatic rings. The highest BCUT2D eigenvalue weighted by molar-refractivity contribution is 7.91. The molecule has 1 heterocycles. The van der Waals surface area contributed by atoms with Gasteiger partial charge < -0.3 is 10.1 Å². The quantitative estimate of drug-likeness (QED) is 0.873. The summed E-state index contributed by atoms with van der Waals surface area (Å²) in [5, 5.41) is 2.91. The Labute approximate surface area is 121 Å². The van der Waals surface area contributed by atoms with Crippen LogP contribution in [0, 0.1) is 0 Å². The van der Waals surface area contributed by atoms with Crippen molar-refractivity contribution in [1.29, 1.82) is 0 Å². The molecule has 0 fully saturated rings. The lowest BCUT2D eigenvalue weighted by molar-refractivity contribution is 0.356. The summed E-state index contributed by atoms with van der Waals surface area (Å²) in [6.07, 6.45) is 3.17. The Morgan fingerprint density at radius 1 is 1.40 bits per heavy atom. The van der Waals surface area contributed by atoms with Crippen molar-refractivity contribution in [2.24, 2.45) is 0 Å². The first-order valence-corrected chi connectivity index (χ1v) is 9.06. The van der Waals surface area contributed by atoms with Gasteiger partial charge in [-0.3, -0.25) is 0 Å². The molecule has 1 aliphatic rings. The molecule has 1 N–H and O–H groups in total. The van der Waals surface area contributed by atoms with E-state index in [2.05, 4.69) is 18.3 Å². The zero-order valence-corrected chi connectivity index (χ0v) is 13.2. The van der Waals surface area contributed by atoms with Gasteiger partial charge in [0, 0.05) is 18.7 Å². The molecular weight excluding hydrogens is 274 g/mol. The first-order chi connectivity index (χ1) is 9.43. The Hall–Kier alpha value is -1.07. The van der Waals surface area contributed by atoms with Crippen LogP contribution in [-0.4, -0.2) is 33.1 Å². The summed E-state index contributed by atoms with van der Waals surface area (Å²) in [6.45, 7) is 5.36. The van der Waals surface area contributed by atoms with E-state index in [9.17, 15) is 8.42 Å². The minimum Gasteiger partial charge on any atom is -0.493 e. The zero-order valence-electron chi connectivity index (χ0n) is 12.3. The highest BCUT2D eigenvalue weighted by atomic mass is 32.2. The zero-order chi connectivity index (χ0) is 14.8. The van der Waals surface area contributed by atoms with Gasteiger partial charge in [-0.15, -0.1) is 0 Å². The van der Waals surface area contributed by atoms with Gasteiger partial charge in [-0.2, -0.15) is 0 Å².